The SMILES string of the molecule is CCn1nc(CNC(C)C2CCCO2)c2ccccc21. The van der Waals surface area contributed by atoms with Gasteiger partial charge < -0.3 is 10.1 Å². The third-order valence-corrected chi connectivity index (χ3v) is 4.15. The molecule has 2 heterocycles. The fraction of sp³-hybridized carbons (Fsp3) is 0.562. The van der Waals surface area contributed by atoms with Crippen LogP contribution in [0.3, 0.4) is 0 Å². The van der Waals surface area contributed by atoms with E-state index >= 15 is 0 Å². The Morgan fingerprint density at radius 2 is 2.30 bits per heavy atom. The van der Waals surface area contributed by atoms with Gasteiger partial charge in [-0.3, -0.25) is 4.68 Å². The van der Waals surface area contributed by atoms with E-state index in [-0.39, 0.29) is 0 Å². The van der Waals surface area contributed by atoms with E-state index in [2.05, 4.69) is 48.1 Å². The van der Waals surface area contributed by atoms with E-state index in [0.29, 0.717) is 12.1 Å². The molecule has 0 amide bonds. The van der Waals surface area contributed by atoms with Gasteiger partial charge in [-0.1, -0.05) is 18.2 Å². The fourth-order valence-electron chi connectivity index (χ4n) is 2.95. The molecule has 2 aromatic rings. The molecule has 1 fully saturated rings. The highest BCUT2D eigenvalue weighted by Crippen LogP contribution is 2.19. The van der Waals surface area contributed by atoms with Gasteiger partial charge in [-0.15, -0.1) is 0 Å². The molecule has 1 aliphatic heterocycles. The number of nitrogens with one attached hydrogen (secondary N) is 1. The van der Waals surface area contributed by atoms with Crippen molar-refractivity contribution in [3.8, 4) is 0 Å². The first-order chi connectivity index (χ1) is 9.79. The summed E-state index contributed by atoms with van der Waals surface area (Å²) in [7, 11) is 0. The second-order valence-corrected chi connectivity index (χ2v) is 5.50. The highest BCUT2D eigenvalue weighted by molar-refractivity contribution is 5.81. The third-order valence-electron chi connectivity index (χ3n) is 4.15. The Kier molecular flexibility index (Phi) is 4.03. The standard InChI is InChI=1S/C16H23N3O/c1-3-19-15-8-5-4-7-13(15)14(18-19)11-17-12(2)16-9-6-10-20-16/h4-5,7-8,12,16-17H,3,6,9-11H2,1-2H3. The Morgan fingerprint density at radius 3 is 3.05 bits per heavy atom. The van der Waals surface area contributed by atoms with Gasteiger partial charge in [0.1, 0.15) is 0 Å². The Balaban J connectivity index is 1.74. The molecule has 1 aliphatic rings. The van der Waals surface area contributed by atoms with Gasteiger partial charge in [-0.25, -0.2) is 0 Å². The summed E-state index contributed by atoms with van der Waals surface area (Å²) < 4.78 is 7.80. The molecule has 0 aliphatic carbocycles. The molecule has 20 heavy (non-hydrogen) atoms. The summed E-state index contributed by atoms with van der Waals surface area (Å²) >= 11 is 0. The van der Waals surface area contributed by atoms with Gasteiger partial charge in [0, 0.05) is 31.1 Å². The van der Waals surface area contributed by atoms with Crippen molar-refractivity contribution in [1.82, 2.24) is 15.1 Å². The maximum absolute atomic E-state index is 5.73. The zero-order valence-electron chi connectivity index (χ0n) is 12.3. The van der Waals surface area contributed by atoms with E-state index in [1.54, 1.807) is 0 Å². The number of hydrogen-bond acceptors (Lipinski definition) is 3. The molecule has 0 saturated carbocycles. The van der Waals surface area contributed by atoms with Crippen molar-refractivity contribution in [1.29, 1.82) is 0 Å². The smallest absolute Gasteiger partial charge is 0.0841 e. The zero-order valence-corrected chi connectivity index (χ0v) is 12.3. The highest BCUT2D eigenvalue weighted by atomic mass is 16.5. The molecule has 2 atom stereocenters. The molecule has 1 aromatic heterocycles. The van der Waals surface area contributed by atoms with Gasteiger partial charge in [0.05, 0.1) is 17.3 Å². The number of rotatable bonds is 5. The third kappa shape index (κ3) is 2.58. The summed E-state index contributed by atoms with van der Waals surface area (Å²) in [4.78, 5) is 0. The Morgan fingerprint density at radius 1 is 1.45 bits per heavy atom. The van der Waals surface area contributed by atoms with Gasteiger partial charge >= 0.3 is 0 Å². The second kappa shape index (κ2) is 5.94. The minimum Gasteiger partial charge on any atom is -0.377 e. The van der Waals surface area contributed by atoms with E-state index in [4.69, 9.17) is 9.84 Å². The zero-order chi connectivity index (χ0) is 13.9. The first-order valence-electron chi connectivity index (χ1n) is 7.59. The van der Waals surface area contributed by atoms with E-state index in [1.807, 2.05) is 0 Å². The van der Waals surface area contributed by atoms with Crippen molar-refractivity contribution in [2.75, 3.05) is 6.61 Å². The average molecular weight is 273 g/mol. The number of fused-ring (bicyclic) bond motifs is 1. The molecule has 1 saturated heterocycles. The molecule has 0 bridgehead atoms. The number of ether oxygens (including phenoxy) is 1. The number of para-hydroxylation sites is 1. The van der Waals surface area contributed by atoms with Gasteiger partial charge in [-0.05, 0) is 32.8 Å². The van der Waals surface area contributed by atoms with Crippen LogP contribution in [0.2, 0.25) is 0 Å². The monoisotopic (exact) mass is 273 g/mol. The van der Waals surface area contributed by atoms with E-state index in [1.165, 1.54) is 17.3 Å². The van der Waals surface area contributed by atoms with E-state index in [0.717, 1.165) is 31.8 Å². The number of aromatic nitrogens is 2. The molecule has 0 spiro atoms. The molecule has 3 rings (SSSR count). The first kappa shape index (κ1) is 13.6. The fourth-order valence-corrected chi connectivity index (χ4v) is 2.95. The largest absolute Gasteiger partial charge is 0.377 e. The van der Waals surface area contributed by atoms with E-state index in [9.17, 15) is 0 Å². The second-order valence-electron chi connectivity index (χ2n) is 5.50. The molecule has 4 nitrogen and oxygen atoms in total. The lowest BCUT2D eigenvalue weighted by Crippen LogP contribution is -2.36. The van der Waals surface area contributed by atoms with Crippen molar-refractivity contribution in [3.63, 3.8) is 0 Å². The highest BCUT2D eigenvalue weighted by Gasteiger charge is 2.22. The summed E-state index contributed by atoms with van der Waals surface area (Å²) in [6.07, 6.45) is 2.71. The number of hydrogen-bond donors (Lipinski definition) is 1. The van der Waals surface area contributed by atoms with Gasteiger partial charge in [0.25, 0.3) is 0 Å². The molecule has 0 radical (unpaired) electrons. The van der Waals surface area contributed by atoms with Crippen LogP contribution in [0.5, 0.6) is 0 Å². The van der Waals surface area contributed by atoms with Crippen LogP contribution >= 0.6 is 0 Å². The normalized spacial score (nSPS) is 20.6. The van der Waals surface area contributed by atoms with E-state index < -0.39 is 0 Å². The van der Waals surface area contributed by atoms with Crippen LogP contribution in [-0.2, 0) is 17.8 Å². The minimum atomic E-state index is 0.356. The average Bonchev–Trinajstić information content (AvgIpc) is 3.13. The van der Waals surface area contributed by atoms with Gasteiger partial charge in [0.2, 0.25) is 0 Å². The van der Waals surface area contributed by atoms with Crippen LogP contribution in [0.4, 0.5) is 0 Å². The van der Waals surface area contributed by atoms with Gasteiger partial charge in [0.15, 0.2) is 0 Å². The number of aryl methyl sites for hydroxylation is 1. The minimum absolute atomic E-state index is 0.356. The van der Waals surface area contributed by atoms with Crippen molar-refractivity contribution in [2.45, 2.75) is 51.9 Å². The van der Waals surface area contributed by atoms with Crippen molar-refractivity contribution in [3.05, 3.63) is 30.0 Å². The topological polar surface area (TPSA) is 39.1 Å². The Bertz CT molecular complexity index is 572. The molecular formula is C16H23N3O. The molecular weight excluding hydrogens is 250 g/mol. The Labute approximate surface area is 120 Å². The summed E-state index contributed by atoms with van der Waals surface area (Å²) in [6.45, 7) is 6.95. The van der Waals surface area contributed by atoms with Crippen LogP contribution in [0.1, 0.15) is 32.4 Å². The summed E-state index contributed by atoms with van der Waals surface area (Å²) in [5.41, 5.74) is 2.35. The first-order valence-corrected chi connectivity index (χ1v) is 7.59. The molecule has 1 aromatic carbocycles. The van der Waals surface area contributed by atoms with Crippen molar-refractivity contribution < 1.29 is 4.74 Å². The lowest BCUT2D eigenvalue weighted by molar-refractivity contribution is 0.0831. The number of benzene rings is 1. The van der Waals surface area contributed by atoms with Gasteiger partial charge in [-0.2, -0.15) is 5.10 Å². The van der Waals surface area contributed by atoms with Crippen molar-refractivity contribution in [2.24, 2.45) is 0 Å². The predicted molar refractivity (Wildman–Crippen MR) is 80.7 cm³/mol. The maximum Gasteiger partial charge on any atom is 0.0841 e. The van der Waals surface area contributed by atoms with Crippen LogP contribution in [-0.4, -0.2) is 28.5 Å². The summed E-state index contributed by atoms with van der Waals surface area (Å²) in [6, 6.07) is 8.82. The molecule has 1 N–H and O–H groups in total. The lowest BCUT2D eigenvalue weighted by atomic mass is 10.1. The van der Waals surface area contributed by atoms with Crippen LogP contribution in [0.25, 0.3) is 10.9 Å². The maximum atomic E-state index is 5.73. The summed E-state index contributed by atoms with van der Waals surface area (Å²) in [5, 5.41) is 9.54. The van der Waals surface area contributed by atoms with Crippen LogP contribution in [0, 0.1) is 0 Å². The molecule has 2 unspecified atom stereocenters. The summed E-state index contributed by atoms with van der Waals surface area (Å²) in [5.74, 6) is 0. The Hall–Kier alpha value is -1.39. The lowest BCUT2D eigenvalue weighted by Gasteiger charge is -2.19. The van der Waals surface area contributed by atoms with Crippen LogP contribution < -0.4 is 5.32 Å². The van der Waals surface area contributed by atoms with Crippen molar-refractivity contribution >= 4 is 10.9 Å². The number of nitrogens with zero attached hydrogens (tertiary/aromatic N) is 2. The molecule has 4 heteroatoms. The van der Waals surface area contributed by atoms with Crippen LogP contribution in [0.15, 0.2) is 24.3 Å². The molecule has 108 valence electrons. The predicted octanol–water partition coefficient (Wildman–Crippen LogP) is 2.71. The quantitative estimate of drug-likeness (QED) is 0.910.